The maximum Gasteiger partial charge on any atom is 0.213 e. The zero-order chi connectivity index (χ0) is 21.5. The SMILES string of the molecule is COc1cc(C(=N)c2cc(N)ccc2N)ccn1.N#Cc1ccc2c(c1)CCCC2. The number of fused-ring (bicyclic) bond motifs is 1. The zero-order valence-corrected chi connectivity index (χ0v) is 17.0. The molecule has 0 atom stereocenters. The van der Waals surface area contributed by atoms with Crippen LogP contribution in [-0.2, 0) is 12.8 Å². The van der Waals surface area contributed by atoms with Crippen molar-refractivity contribution in [3.8, 4) is 11.9 Å². The van der Waals surface area contributed by atoms with Crippen molar-refractivity contribution in [2.45, 2.75) is 25.7 Å². The third-order valence-electron chi connectivity index (χ3n) is 5.06. The molecule has 0 spiro atoms. The summed E-state index contributed by atoms with van der Waals surface area (Å²) in [6, 6.07) is 16.7. The van der Waals surface area contributed by atoms with Gasteiger partial charge in [-0.25, -0.2) is 4.98 Å². The first-order valence-corrected chi connectivity index (χ1v) is 9.78. The topological polar surface area (TPSA) is 122 Å². The summed E-state index contributed by atoms with van der Waals surface area (Å²) in [6.45, 7) is 0. The molecule has 4 rings (SSSR count). The number of anilines is 2. The van der Waals surface area contributed by atoms with Gasteiger partial charge in [-0.15, -0.1) is 0 Å². The van der Waals surface area contributed by atoms with E-state index in [1.807, 2.05) is 12.1 Å². The molecular weight excluding hydrogens is 374 g/mol. The van der Waals surface area contributed by atoms with Crippen LogP contribution in [0.3, 0.4) is 0 Å². The van der Waals surface area contributed by atoms with Crippen LogP contribution in [0.15, 0.2) is 54.7 Å². The first-order chi connectivity index (χ1) is 14.5. The van der Waals surface area contributed by atoms with Gasteiger partial charge in [0, 0.05) is 34.8 Å². The predicted octanol–water partition coefficient (Wildman–Crippen LogP) is 4.11. The number of nitrogen functional groups attached to an aromatic ring is 2. The zero-order valence-electron chi connectivity index (χ0n) is 17.0. The summed E-state index contributed by atoms with van der Waals surface area (Å²) in [7, 11) is 1.53. The number of ether oxygens (including phenoxy) is 1. The van der Waals surface area contributed by atoms with Crippen LogP contribution >= 0.6 is 0 Å². The number of nitrogens with two attached hydrogens (primary N) is 2. The molecule has 6 heteroatoms. The number of hydrogen-bond donors (Lipinski definition) is 3. The minimum atomic E-state index is 0.292. The van der Waals surface area contributed by atoms with Crippen LogP contribution in [0.25, 0.3) is 0 Å². The Kier molecular flexibility index (Phi) is 6.66. The summed E-state index contributed by atoms with van der Waals surface area (Å²) in [4.78, 5) is 4.00. The smallest absolute Gasteiger partial charge is 0.213 e. The van der Waals surface area contributed by atoms with Crippen LogP contribution in [0.2, 0.25) is 0 Å². The number of aryl methyl sites for hydroxylation is 2. The lowest BCUT2D eigenvalue weighted by Gasteiger charge is -2.14. The molecule has 0 amide bonds. The molecule has 1 aliphatic carbocycles. The molecule has 0 aliphatic heterocycles. The van der Waals surface area contributed by atoms with Crippen molar-refractivity contribution in [3.05, 3.63) is 82.5 Å². The number of nitriles is 1. The lowest BCUT2D eigenvalue weighted by Crippen LogP contribution is -2.07. The molecule has 0 bridgehead atoms. The fourth-order valence-electron chi connectivity index (χ4n) is 3.43. The van der Waals surface area contributed by atoms with Gasteiger partial charge < -0.3 is 16.2 Å². The summed E-state index contributed by atoms with van der Waals surface area (Å²) >= 11 is 0. The molecule has 0 saturated heterocycles. The molecule has 6 nitrogen and oxygen atoms in total. The molecule has 3 aromatic rings. The van der Waals surface area contributed by atoms with Crippen molar-refractivity contribution < 1.29 is 4.74 Å². The molecule has 0 unspecified atom stereocenters. The molecule has 152 valence electrons. The van der Waals surface area contributed by atoms with Crippen LogP contribution in [0.1, 0.15) is 40.7 Å². The Morgan fingerprint density at radius 2 is 1.80 bits per heavy atom. The van der Waals surface area contributed by atoms with Gasteiger partial charge in [0.2, 0.25) is 5.88 Å². The lowest BCUT2D eigenvalue weighted by molar-refractivity contribution is 0.398. The third-order valence-corrected chi connectivity index (χ3v) is 5.06. The van der Waals surface area contributed by atoms with Crippen molar-refractivity contribution in [1.29, 1.82) is 10.7 Å². The Bertz CT molecular complexity index is 1100. The van der Waals surface area contributed by atoms with Gasteiger partial charge in [-0.3, -0.25) is 5.41 Å². The van der Waals surface area contributed by atoms with Gasteiger partial charge >= 0.3 is 0 Å². The van der Waals surface area contributed by atoms with Gasteiger partial charge in [0.25, 0.3) is 0 Å². The summed E-state index contributed by atoms with van der Waals surface area (Å²) in [5, 5.41) is 16.9. The highest BCUT2D eigenvalue weighted by atomic mass is 16.5. The van der Waals surface area contributed by atoms with Crippen molar-refractivity contribution in [2.24, 2.45) is 0 Å². The molecule has 0 fully saturated rings. The Morgan fingerprint density at radius 1 is 1.03 bits per heavy atom. The number of nitrogens with zero attached hydrogens (tertiary/aromatic N) is 2. The van der Waals surface area contributed by atoms with Crippen LogP contribution in [-0.4, -0.2) is 17.8 Å². The highest BCUT2D eigenvalue weighted by Gasteiger charge is 2.10. The fraction of sp³-hybridized carbons (Fsp3) is 0.208. The predicted molar refractivity (Wildman–Crippen MR) is 120 cm³/mol. The first-order valence-electron chi connectivity index (χ1n) is 9.78. The summed E-state index contributed by atoms with van der Waals surface area (Å²) in [5.41, 5.74) is 17.9. The molecule has 30 heavy (non-hydrogen) atoms. The average Bonchev–Trinajstić information content (AvgIpc) is 2.80. The highest BCUT2D eigenvalue weighted by Crippen LogP contribution is 2.22. The molecule has 0 radical (unpaired) electrons. The van der Waals surface area contributed by atoms with Crippen molar-refractivity contribution in [1.82, 2.24) is 4.98 Å². The maximum absolute atomic E-state index is 8.69. The van der Waals surface area contributed by atoms with Crippen molar-refractivity contribution >= 4 is 17.1 Å². The van der Waals surface area contributed by atoms with Crippen LogP contribution in [0.4, 0.5) is 11.4 Å². The van der Waals surface area contributed by atoms with Gasteiger partial charge in [0.05, 0.1) is 24.5 Å². The van der Waals surface area contributed by atoms with Gasteiger partial charge in [0.1, 0.15) is 0 Å². The van der Waals surface area contributed by atoms with E-state index in [0.29, 0.717) is 34.1 Å². The summed E-state index contributed by atoms with van der Waals surface area (Å²) in [6.07, 6.45) is 6.53. The molecule has 2 aromatic carbocycles. The fourth-order valence-corrected chi connectivity index (χ4v) is 3.43. The Morgan fingerprint density at radius 3 is 2.53 bits per heavy atom. The van der Waals surface area contributed by atoms with Crippen LogP contribution < -0.4 is 16.2 Å². The van der Waals surface area contributed by atoms with Crippen LogP contribution in [0.5, 0.6) is 5.88 Å². The van der Waals surface area contributed by atoms with E-state index >= 15 is 0 Å². The maximum atomic E-state index is 8.69. The van der Waals surface area contributed by atoms with E-state index in [0.717, 1.165) is 12.0 Å². The number of nitrogens with one attached hydrogen (secondary N) is 1. The van der Waals surface area contributed by atoms with Gasteiger partial charge in [-0.2, -0.15) is 5.26 Å². The minimum Gasteiger partial charge on any atom is -0.481 e. The van der Waals surface area contributed by atoms with E-state index in [1.165, 1.54) is 37.5 Å². The van der Waals surface area contributed by atoms with Crippen molar-refractivity contribution in [2.75, 3.05) is 18.6 Å². The lowest BCUT2D eigenvalue weighted by atomic mass is 9.91. The third kappa shape index (κ3) is 4.95. The molecule has 1 heterocycles. The second-order valence-electron chi connectivity index (χ2n) is 7.11. The molecule has 5 N–H and O–H groups in total. The Balaban J connectivity index is 0.000000184. The Hall–Kier alpha value is -3.85. The second-order valence-corrected chi connectivity index (χ2v) is 7.11. The summed E-state index contributed by atoms with van der Waals surface area (Å²) < 4.78 is 5.03. The number of benzene rings is 2. The van der Waals surface area contributed by atoms with Gasteiger partial charge in [-0.05, 0) is 73.2 Å². The minimum absolute atomic E-state index is 0.292. The number of aromatic nitrogens is 1. The average molecular weight is 399 g/mol. The Labute approximate surface area is 176 Å². The van der Waals surface area contributed by atoms with E-state index in [-0.39, 0.29) is 0 Å². The summed E-state index contributed by atoms with van der Waals surface area (Å²) in [5.74, 6) is 0.458. The van der Waals surface area contributed by atoms with E-state index < -0.39 is 0 Å². The second kappa shape index (κ2) is 9.57. The molecule has 0 saturated carbocycles. The van der Waals surface area contributed by atoms with E-state index in [1.54, 1.807) is 36.5 Å². The standard InChI is InChI=1S/C13H14N4O.C11H11N/c1-18-12-6-8(4-5-17-12)13(16)10-7-9(14)2-3-11(10)15;12-8-9-5-6-10-3-1-2-4-11(10)7-9/h2-7,16H,14-15H2,1H3;5-7H,1-4H2. The monoisotopic (exact) mass is 399 g/mol. The molecular formula is C24H25N5O. The van der Waals surface area contributed by atoms with E-state index in [4.69, 9.17) is 26.9 Å². The van der Waals surface area contributed by atoms with Crippen LogP contribution in [0, 0.1) is 16.7 Å². The highest BCUT2D eigenvalue weighted by molar-refractivity contribution is 6.14. The normalized spacial score (nSPS) is 12.0. The molecule has 1 aromatic heterocycles. The van der Waals surface area contributed by atoms with E-state index in [9.17, 15) is 0 Å². The van der Waals surface area contributed by atoms with Gasteiger partial charge in [-0.1, -0.05) is 6.07 Å². The number of pyridine rings is 1. The molecule has 1 aliphatic rings. The number of methoxy groups -OCH3 is 1. The number of hydrogen-bond acceptors (Lipinski definition) is 6. The van der Waals surface area contributed by atoms with Crippen molar-refractivity contribution in [3.63, 3.8) is 0 Å². The quantitative estimate of drug-likeness (QED) is 0.452. The largest absolute Gasteiger partial charge is 0.481 e. The van der Waals surface area contributed by atoms with Gasteiger partial charge in [0.15, 0.2) is 0 Å². The number of rotatable bonds is 3. The van der Waals surface area contributed by atoms with E-state index in [2.05, 4.69) is 17.1 Å². The first kappa shape index (κ1) is 20.9.